The van der Waals surface area contributed by atoms with Crippen LogP contribution in [0.25, 0.3) is 11.1 Å². The number of hydrogen-bond acceptors (Lipinski definition) is 7. The van der Waals surface area contributed by atoms with Gasteiger partial charge in [-0.05, 0) is 81.7 Å². The summed E-state index contributed by atoms with van der Waals surface area (Å²) in [5, 5.41) is 5.37. The number of benzene rings is 3. The van der Waals surface area contributed by atoms with Gasteiger partial charge in [0.2, 0.25) is 11.8 Å². The van der Waals surface area contributed by atoms with Crippen LogP contribution in [0.1, 0.15) is 105 Å². The smallest absolute Gasteiger partial charge is 0.411 e. The van der Waals surface area contributed by atoms with Gasteiger partial charge in [0.1, 0.15) is 11.6 Å². The second-order valence-corrected chi connectivity index (χ2v) is 14.6. The molecule has 1 saturated heterocycles. The zero-order chi connectivity index (χ0) is 35.3. The summed E-state index contributed by atoms with van der Waals surface area (Å²) in [7, 11) is 0. The number of carbonyl (C=O) groups excluding carboxylic acids is 5. The minimum atomic E-state index is -0.727. The van der Waals surface area contributed by atoms with E-state index in [4.69, 9.17) is 9.47 Å². The van der Waals surface area contributed by atoms with Gasteiger partial charge >= 0.3 is 12.2 Å². The molecule has 7 rings (SSSR count). The Morgan fingerprint density at radius 3 is 2.26 bits per heavy atom. The van der Waals surface area contributed by atoms with Crippen molar-refractivity contribution >= 4 is 29.9 Å². The normalized spacial score (nSPS) is 22.0. The molecule has 11 nitrogen and oxygen atoms in total. The molecule has 2 aliphatic heterocycles. The number of carbonyl (C=O) groups is 5. The van der Waals surface area contributed by atoms with E-state index in [-0.39, 0.29) is 37.2 Å². The molecule has 4 atom stereocenters. The van der Waals surface area contributed by atoms with Crippen molar-refractivity contribution in [2.45, 2.75) is 102 Å². The Balaban J connectivity index is 1.20. The van der Waals surface area contributed by atoms with E-state index >= 15 is 0 Å². The molecule has 260 valence electrons. The van der Waals surface area contributed by atoms with Gasteiger partial charge in [0, 0.05) is 29.7 Å². The fraction of sp³-hybridized carbons (Fsp3) is 0.410. The molecule has 0 radical (unpaired) electrons. The van der Waals surface area contributed by atoms with Crippen LogP contribution in [-0.2, 0) is 25.6 Å². The maximum atomic E-state index is 14.6. The van der Waals surface area contributed by atoms with Crippen LogP contribution >= 0.6 is 0 Å². The molecular weight excluding hydrogens is 636 g/mol. The maximum Gasteiger partial charge on any atom is 0.411 e. The zero-order valence-corrected chi connectivity index (χ0v) is 28.7. The molecule has 5 amide bonds. The molecule has 50 heavy (non-hydrogen) atoms. The van der Waals surface area contributed by atoms with Gasteiger partial charge in [-0.15, -0.1) is 0 Å². The molecule has 4 aliphatic rings. The Kier molecular flexibility index (Phi) is 8.61. The largest absolute Gasteiger partial charge is 0.444 e. The van der Waals surface area contributed by atoms with Gasteiger partial charge in [-0.2, -0.15) is 0 Å². The van der Waals surface area contributed by atoms with E-state index in [0.29, 0.717) is 18.4 Å². The third-order valence-corrected chi connectivity index (χ3v) is 10.2. The van der Waals surface area contributed by atoms with Gasteiger partial charge in [0.15, 0.2) is 6.10 Å². The van der Waals surface area contributed by atoms with Gasteiger partial charge in [-0.1, -0.05) is 60.7 Å². The number of alkyl carbamates (subject to hydrolysis) is 1. The number of fused-ring (bicyclic) bond motifs is 4. The molecule has 3 aromatic rings. The minimum absolute atomic E-state index is 0.172. The first-order valence-electron chi connectivity index (χ1n) is 17.3. The molecule has 1 saturated carbocycles. The predicted octanol–water partition coefficient (Wildman–Crippen LogP) is 6.16. The molecule has 0 bridgehead atoms. The molecule has 2 N–H and O–H groups in total. The van der Waals surface area contributed by atoms with Crippen molar-refractivity contribution in [3.63, 3.8) is 0 Å². The lowest BCUT2D eigenvalue weighted by Gasteiger charge is -2.38. The SMILES string of the molecule is CC(c1ccc2c(c1)CN(C1CCC(=O)NC1=O)C2=O)N(C(=O)OC1c2ccccc2-c2ccccc21)[C@H]1CCC[C@@H]1NC(=O)OC(C)(C)C. The third-order valence-electron chi connectivity index (χ3n) is 10.2. The van der Waals surface area contributed by atoms with Gasteiger partial charge < -0.3 is 19.7 Å². The van der Waals surface area contributed by atoms with Crippen LogP contribution in [0.3, 0.4) is 0 Å². The van der Waals surface area contributed by atoms with E-state index < -0.39 is 47.9 Å². The number of nitrogens with one attached hydrogen (secondary N) is 2. The van der Waals surface area contributed by atoms with E-state index in [2.05, 4.69) is 10.6 Å². The van der Waals surface area contributed by atoms with Gasteiger partial charge in [0.25, 0.3) is 5.91 Å². The molecule has 11 heteroatoms. The summed E-state index contributed by atoms with van der Waals surface area (Å²) in [5.74, 6) is -1.07. The number of amides is 5. The van der Waals surface area contributed by atoms with Crippen LogP contribution < -0.4 is 10.6 Å². The average Bonchev–Trinajstić information content (AvgIpc) is 3.74. The Labute approximate surface area is 291 Å². The second kappa shape index (κ2) is 12.9. The third kappa shape index (κ3) is 6.21. The monoisotopic (exact) mass is 678 g/mol. The van der Waals surface area contributed by atoms with Crippen molar-refractivity contribution in [3.8, 4) is 11.1 Å². The lowest BCUT2D eigenvalue weighted by Crippen LogP contribution is -2.52. The van der Waals surface area contributed by atoms with Gasteiger partial charge in [-0.3, -0.25) is 24.6 Å². The highest BCUT2D eigenvalue weighted by molar-refractivity contribution is 6.05. The first-order valence-corrected chi connectivity index (χ1v) is 17.3. The Morgan fingerprint density at radius 2 is 1.60 bits per heavy atom. The molecule has 0 aromatic heterocycles. The van der Waals surface area contributed by atoms with E-state index in [0.717, 1.165) is 39.8 Å². The van der Waals surface area contributed by atoms with Crippen LogP contribution in [0.2, 0.25) is 0 Å². The second-order valence-electron chi connectivity index (χ2n) is 14.6. The van der Waals surface area contributed by atoms with Crippen LogP contribution in [0.4, 0.5) is 9.59 Å². The van der Waals surface area contributed by atoms with Crippen molar-refractivity contribution in [2.24, 2.45) is 0 Å². The van der Waals surface area contributed by atoms with Crippen LogP contribution in [0, 0.1) is 0 Å². The average molecular weight is 679 g/mol. The number of imide groups is 1. The summed E-state index contributed by atoms with van der Waals surface area (Å²) < 4.78 is 12.0. The number of nitrogens with zero attached hydrogens (tertiary/aromatic N) is 2. The quantitative estimate of drug-likeness (QED) is 0.298. The fourth-order valence-electron chi connectivity index (χ4n) is 7.89. The van der Waals surface area contributed by atoms with Crippen molar-refractivity contribution in [1.82, 2.24) is 20.4 Å². The molecule has 2 unspecified atom stereocenters. The molecule has 2 aliphatic carbocycles. The number of piperidine rings is 1. The number of ether oxygens (including phenoxy) is 2. The Hall–Kier alpha value is -5.19. The van der Waals surface area contributed by atoms with Gasteiger partial charge in [-0.25, -0.2) is 9.59 Å². The highest BCUT2D eigenvalue weighted by Gasteiger charge is 2.43. The van der Waals surface area contributed by atoms with Crippen molar-refractivity contribution in [2.75, 3.05) is 0 Å². The van der Waals surface area contributed by atoms with Crippen LogP contribution in [-0.4, -0.2) is 63.4 Å². The molecule has 0 spiro atoms. The zero-order valence-electron chi connectivity index (χ0n) is 28.7. The summed E-state index contributed by atoms with van der Waals surface area (Å²) in [6, 6.07) is 19.3. The lowest BCUT2D eigenvalue weighted by molar-refractivity contribution is -0.136. The standard InChI is InChI=1S/C39H42N4O7/c1-22(23-16-17-25-24(20-23)21-42(36(25)46)32-18-19-33(44)41-35(32)45)43(31-15-9-14-30(31)40-37(47)50-39(2,3)4)38(48)49-34-28-12-7-5-10-26(28)27-11-6-8-13-29(27)34/h5-8,10-13,16-17,20,22,30-32,34H,9,14-15,18-19,21H2,1-4H3,(H,40,47)(H,41,44,45)/t22?,30-,31-,32?/m0/s1. The maximum absolute atomic E-state index is 14.6. The van der Waals surface area contributed by atoms with E-state index in [1.807, 2.05) is 88.4 Å². The van der Waals surface area contributed by atoms with E-state index in [1.54, 1.807) is 11.0 Å². The molecule has 3 aromatic carbocycles. The summed E-state index contributed by atoms with van der Waals surface area (Å²) >= 11 is 0. The minimum Gasteiger partial charge on any atom is -0.444 e. The number of hydrogen-bond donors (Lipinski definition) is 2. The van der Waals surface area contributed by atoms with Crippen LogP contribution in [0.5, 0.6) is 0 Å². The molecule has 2 fully saturated rings. The molecule has 2 heterocycles. The van der Waals surface area contributed by atoms with Crippen LogP contribution in [0.15, 0.2) is 66.7 Å². The van der Waals surface area contributed by atoms with Crippen molar-refractivity contribution in [3.05, 3.63) is 94.5 Å². The first kappa shape index (κ1) is 33.3. The highest BCUT2D eigenvalue weighted by atomic mass is 16.6. The topological polar surface area (TPSA) is 134 Å². The fourth-order valence-corrected chi connectivity index (χ4v) is 7.89. The highest BCUT2D eigenvalue weighted by Crippen LogP contribution is 2.46. The van der Waals surface area contributed by atoms with Gasteiger partial charge in [0.05, 0.1) is 18.1 Å². The number of rotatable bonds is 6. The summed E-state index contributed by atoms with van der Waals surface area (Å²) in [6.45, 7) is 7.56. The predicted molar refractivity (Wildman–Crippen MR) is 184 cm³/mol. The van der Waals surface area contributed by atoms with E-state index in [9.17, 15) is 24.0 Å². The Bertz CT molecular complexity index is 1840. The van der Waals surface area contributed by atoms with Crippen molar-refractivity contribution < 1.29 is 33.4 Å². The molecular formula is C39H42N4O7. The summed E-state index contributed by atoms with van der Waals surface area (Å²) in [4.78, 5) is 68.6. The lowest BCUT2D eigenvalue weighted by atomic mass is 9.99. The van der Waals surface area contributed by atoms with Crippen molar-refractivity contribution in [1.29, 1.82) is 0 Å². The van der Waals surface area contributed by atoms with E-state index in [1.165, 1.54) is 4.90 Å². The first-order chi connectivity index (χ1) is 23.9. The summed E-state index contributed by atoms with van der Waals surface area (Å²) in [5.41, 5.74) is 5.20. The Morgan fingerprint density at radius 1 is 0.920 bits per heavy atom. The summed E-state index contributed by atoms with van der Waals surface area (Å²) in [6.07, 6.45) is 0.871.